The van der Waals surface area contributed by atoms with Gasteiger partial charge in [0.15, 0.2) is 6.10 Å². The summed E-state index contributed by atoms with van der Waals surface area (Å²) >= 11 is 0. The van der Waals surface area contributed by atoms with Crippen LogP contribution in [0.5, 0.6) is 0 Å². The van der Waals surface area contributed by atoms with Crippen LogP contribution in [0.3, 0.4) is 0 Å². The molecule has 216 valence electrons. The van der Waals surface area contributed by atoms with Crippen LogP contribution < -0.4 is 0 Å². The van der Waals surface area contributed by atoms with E-state index in [0.717, 1.165) is 12.8 Å². The number of aliphatic carboxylic acids is 1. The maximum atomic E-state index is 10.5. The number of unbranched alkanes of at least 4 members (excludes halogenated alkanes) is 28. The zero-order chi connectivity index (χ0) is 26.4. The molecule has 3 heteroatoms. The van der Waals surface area contributed by atoms with Gasteiger partial charge in [-0.25, -0.2) is 4.79 Å². The van der Waals surface area contributed by atoms with E-state index in [1.807, 2.05) is 0 Å². The number of carboxylic acid groups (broad SMARTS) is 1. The molecule has 2 N–H and O–H groups in total. The summed E-state index contributed by atoms with van der Waals surface area (Å²) < 4.78 is 0. The number of carbonyl (C=O) groups is 1. The fraction of sp³-hybridized carbons (Fsp3) is 0.970. The number of aliphatic hydroxyl groups is 1. The summed E-state index contributed by atoms with van der Waals surface area (Å²) in [5.74, 6) is -1.09. The maximum Gasteiger partial charge on any atom is 0.332 e. The van der Waals surface area contributed by atoms with Gasteiger partial charge in [-0.2, -0.15) is 0 Å². The van der Waals surface area contributed by atoms with Crippen molar-refractivity contribution >= 4 is 5.97 Å². The van der Waals surface area contributed by atoms with Crippen molar-refractivity contribution in [3.05, 3.63) is 0 Å². The second-order valence-electron chi connectivity index (χ2n) is 11.5. The van der Waals surface area contributed by atoms with Crippen LogP contribution in [0, 0.1) is 0 Å². The lowest BCUT2D eigenvalue weighted by Crippen LogP contribution is -2.18. The van der Waals surface area contributed by atoms with Crippen LogP contribution in [0.2, 0.25) is 0 Å². The van der Waals surface area contributed by atoms with Crippen LogP contribution >= 0.6 is 0 Å². The van der Waals surface area contributed by atoms with Crippen molar-refractivity contribution in [2.24, 2.45) is 0 Å². The van der Waals surface area contributed by atoms with Gasteiger partial charge < -0.3 is 10.2 Å². The summed E-state index contributed by atoms with van der Waals surface area (Å²) in [5, 5.41) is 17.9. The second-order valence-corrected chi connectivity index (χ2v) is 11.5. The van der Waals surface area contributed by atoms with Gasteiger partial charge in [-0.05, 0) is 6.42 Å². The van der Waals surface area contributed by atoms with E-state index in [1.165, 1.54) is 173 Å². The molecule has 0 heterocycles. The lowest BCUT2D eigenvalue weighted by Gasteiger charge is -2.05. The highest BCUT2D eigenvalue weighted by Crippen LogP contribution is 2.16. The standard InChI is InChI=1S/C33H66O3/c1-2-3-4-5-6-7-8-9-10-11-12-13-14-15-16-17-18-19-20-21-22-23-24-25-26-27-28-29-30-31-32(34)33(35)36/h32,34H,2-31H2,1H3,(H,35,36). The second kappa shape index (κ2) is 30.7. The lowest BCUT2D eigenvalue weighted by atomic mass is 10.0. The Morgan fingerprint density at radius 3 is 0.806 bits per heavy atom. The van der Waals surface area contributed by atoms with Gasteiger partial charge >= 0.3 is 5.97 Å². The molecule has 0 aliphatic carbocycles. The molecule has 0 aromatic heterocycles. The van der Waals surface area contributed by atoms with Crippen LogP contribution in [0.25, 0.3) is 0 Å². The van der Waals surface area contributed by atoms with Gasteiger partial charge in [0.2, 0.25) is 0 Å². The van der Waals surface area contributed by atoms with Crippen molar-refractivity contribution in [2.45, 2.75) is 206 Å². The Morgan fingerprint density at radius 1 is 0.417 bits per heavy atom. The Balaban J connectivity index is 3.05. The zero-order valence-electron chi connectivity index (χ0n) is 24.6. The molecule has 0 saturated carbocycles. The summed E-state index contributed by atoms with van der Waals surface area (Å²) in [5.41, 5.74) is 0. The lowest BCUT2D eigenvalue weighted by molar-refractivity contribution is -0.146. The van der Waals surface area contributed by atoms with Gasteiger partial charge in [0.05, 0.1) is 0 Å². The number of hydrogen-bond acceptors (Lipinski definition) is 2. The highest BCUT2D eigenvalue weighted by molar-refractivity contribution is 5.71. The minimum Gasteiger partial charge on any atom is -0.479 e. The molecule has 1 unspecified atom stereocenters. The Hall–Kier alpha value is -0.570. The van der Waals surface area contributed by atoms with Gasteiger partial charge in [0, 0.05) is 0 Å². The minimum atomic E-state index is -1.17. The predicted octanol–water partition coefficient (Wildman–Crippen LogP) is 11.2. The van der Waals surface area contributed by atoms with Gasteiger partial charge in [-0.3, -0.25) is 0 Å². The molecule has 0 aromatic rings. The maximum absolute atomic E-state index is 10.5. The summed E-state index contributed by atoms with van der Waals surface area (Å²) in [6.45, 7) is 2.30. The Bertz CT molecular complexity index is 423. The van der Waals surface area contributed by atoms with E-state index in [4.69, 9.17) is 5.11 Å². The largest absolute Gasteiger partial charge is 0.479 e. The molecular formula is C33H66O3. The Morgan fingerprint density at radius 2 is 0.611 bits per heavy atom. The quantitative estimate of drug-likeness (QED) is 0.0911. The average molecular weight is 511 g/mol. The molecule has 0 bridgehead atoms. The molecule has 0 spiro atoms. The van der Waals surface area contributed by atoms with Crippen molar-refractivity contribution in [3.8, 4) is 0 Å². The number of aliphatic hydroxyl groups excluding tert-OH is 1. The number of hydrogen-bond donors (Lipinski definition) is 2. The molecule has 0 aliphatic heterocycles. The van der Waals surface area contributed by atoms with E-state index < -0.39 is 12.1 Å². The fourth-order valence-corrected chi connectivity index (χ4v) is 5.31. The molecule has 1 atom stereocenters. The third-order valence-electron chi connectivity index (χ3n) is 7.87. The molecule has 0 radical (unpaired) electrons. The number of carboxylic acids is 1. The Kier molecular flexibility index (Phi) is 30.2. The minimum absolute atomic E-state index is 0.398. The predicted molar refractivity (Wildman–Crippen MR) is 158 cm³/mol. The molecule has 0 aliphatic rings. The van der Waals surface area contributed by atoms with E-state index in [2.05, 4.69) is 6.92 Å². The average Bonchev–Trinajstić information content (AvgIpc) is 2.87. The van der Waals surface area contributed by atoms with Gasteiger partial charge in [0.1, 0.15) is 0 Å². The van der Waals surface area contributed by atoms with Gasteiger partial charge in [-0.1, -0.05) is 193 Å². The molecule has 3 nitrogen and oxygen atoms in total. The molecule has 0 fully saturated rings. The Labute approximate surface area is 226 Å². The van der Waals surface area contributed by atoms with Gasteiger partial charge in [0.25, 0.3) is 0 Å². The van der Waals surface area contributed by atoms with Gasteiger partial charge in [-0.15, -0.1) is 0 Å². The molecule has 0 rings (SSSR count). The fourth-order valence-electron chi connectivity index (χ4n) is 5.31. The van der Waals surface area contributed by atoms with E-state index in [9.17, 15) is 9.90 Å². The van der Waals surface area contributed by atoms with E-state index in [-0.39, 0.29) is 0 Å². The van der Waals surface area contributed by atoms with Crippen molar-refractivity contribution in [3.63, 3.8) is 0 Å². The summed E-state index contributed by atoms with van der Waals surface area (Å²) in [4.78, 5) is 10.5. The molecule has 0 saturated heterocycles. The van der Waals surface area contributed by atoms with Crippen LogP contribution in [0.1, 0.15) is 200 Å². The first kappa shape index (κ1) is 35.4. The third-order valence-corrected chi connectivity index (χ3v) is 7.87. The first-order chi connectivity index (χ1) is 17.7. The van der Waals surface area contributed by atoms with Crippen LogP contribution in [-0.4, -0.2) is 22.3 Å². The topological polar surface area (TPSA) is 57.5 Å². The zero-order valence-corrected chi connectivity index (χ0v) is 24.6. The monoisotopic (exact) mass is 511 g/mol. The van der Waals surface area contributed by atoms with Crippen molar-refractivity contribution in [1.29, 1.82) is 0 Å². The molecule has 0 aromatic carbocycles. The van der Waals surface area contributed by atoms with Crippen LogP contribution in [-0.2, 0) is 4.79 Å². The molecular weight excluding hydrogens is 444 g/mol. The third kappa shape index (κ3) is 29.7. The van der Waals surface area contributed by atoms with Crippen LogP contribution in [0.15, 0.2) is 0 Å². The SMILES string of the molecule is CCCCCCCCCCCCCCCCCCCCCCCCCCCCCCCC(O)C(=O)O. The van der Waals surface area contributed by atoms with Crippen LogP contribution in [0.4, 0.5) is 0 Å². The van der Waals surface area contributed by atoms with E-state index >= 15 is 0 Å². The summed E-state index contributed by atoms with van der Waals surface area (Å²) in [6.07, 6.45) is 39.4. The summed E-state index contributed by atoms with van der Waals surface area (Å²) in [7, 11) is 0. The normalized spacial score (nSPS) is 12.3. The highest BCUT2D eigenvalue weighted by Gasteiger charge is 2.11. The van der Waals surface area contributed by atoms with E-state index in [1.54, 1.807) is 0 Å². The smallest absolute Gasteiger partial charge is 0.332 e. The van der Waals surface area contributed by atoms with Crippen molar-refractivity contribution in [1.82, 2.24) is 0 Å². The molecule has 0 amide bonds. The highest BCUT2D eigenvalue weighted by atomic mass is 16.4. The first-order valence-electron chi connectivity index (χ1n) is 16.6. The summed E-state index contributed by atoms with van der Waals surface area (Å²) in [6, 6.07) is 0. The van der Waals surface area contributed by atoms with Crippen molar-refractivity contribution in [2.75, 3.05) is 0 Å². The first-order valence-corrected chi connectivity index (χ1v) is 16.6. The molecule has 36 heavy (non-hydrogen) atoms. The van der Waals surface area contributed by atoms with Crippen molar-refractivity contribution < 1.29 is 15.0 Å². The van der Waals surface area contributed by atoms with E-state index in [0.29, 0.717) is 6.42 Å². The number of rotatable bonds is 31.